The first-order valence-corrected chi connectivity index (χ1v) is 10.4. The molecule has 0 fully saturated rings. The Morgan fingerprint density at radius 3 is 1.67 bits per heavy atom. The molecule has 1 aliphatic rings. The Kier molecular flexibility index (Phi) is 16.5. The fourth-order valence-corrected chi connectivity index (χ4v) is 4.73. The van der Waals surface area contributed by atoms with Crippen LogP contribution in [0.3, 0.4) is 0 Å². The second kappa shape index (κ2) is 14.8. The second-order valence-electron chi connectivity index (χ2n) is 7.62. The normalized spacial score (nSPS) is 14.1. The Morgan fingerprint density at radius 2 is 1.27 bits per heavy atom. The quantitative estimate of drug-likeness (QED) is 0.354. The van der Waals surface area contributed by atoms with Crippen LogP contribution in [0.2, 0.25) is 0 Å². The number of hydrogen-bond acceptors (Lipinski definition) is 0. The van der Waals surface area contributed by atoms with Crippen LogP contribution in [0.4, 0.5) is 0 Å². The maximum Gasteiger partial charge on any atom is 4.00 e. The molecule has 0 N–H and O–H groups in total. The van der Waals surface area contributed by atoms with Crippen LogP contribution in [-0.2, 0) is 21.7 Å². The molecule has 2 aromatic rings. The van der Waals surface area contributed by atoms with Crippen molar-refractivity contribution in [3.63, 3.8) is 0 Å². The van der Waals surface area contributed by atoms with E-state index in [4.69, 9.17) is 0 Å². The summed E-state index contributed by atoms with van der Waals surface area (Å²) in [5, 5.41) is 2.91. The van der Waals surface area contributed by atoms with E-state index in [9.17, 15) is 0 Å². The molecule has 30 heavy (non-hydrogen) atoms. The largest absolute Gasteiger partial charge is 4.00 e. The van der Waals surface area contributed by atoms with Gasteiger partial charge in [-0.1, -0.05) is 95.7 Å². The third-order valence-electron chi connectivity index (χ3n) is 5.13. The Hall–Kier alpha value is -1.15. The van der Waals surface area contributed by atoms with E-state index in [2.05, 4.69) is 97.9 Å². The number of benzene rings is 2. The Morgan fingerprint density at radius 1 is 0.733 bits per heavy atom. The molecule has 0 aliphatic heterocycles. The van der Waals surface area contributed by atoms with Crippen LogP contribution in [0.5, 0.6) is 0 Å². The van der Waals surface area contributed by atoms with Gasteiger partial charge in [-0.2, -0.15) is 11.1 Å². The molecule has 0 spiro atoms. The van der Waals surface area contributed by atoms with Crippen LogP contribution in [0.25, 0.3) is 0 Å². The van der Waals surface area contributed by atoms with Crippen LogP contribution in [0.15, 0.2) is 53.1 Å². The maximum absolute atomic E-state index is 3.36. The van der Waals surface area contributed by atoms with Crippen molar-refractivity contribution in [3.8, 4) is 0 Å². The predicted molar refractivity (Wildman–Crippen MR) is 136 cm³/mol. The first kappa shape index (κ1) is 33.5. The summed E-state index contributed by atoms with van der Waals surface area (Å²) >= 11 is 0. The molecule has 160 valence electrons. The van der Waals surface area contributed by atoms with Crippen molar-refractivity contribution in [1.82, 2.24) is 0 Å². The van der Waals surface area contributed by atoms with E-state index < -0.39 is 0 Å². The van der Waals surface area contributed by atoms with Gasteiger partial charge in [-0.3, -0.25) is 6.08 Å². The third-order valence-corrected chi connectivity index (χ3v) is 6.52. The van der Waals surface area contributed by atoms with Crippen LogP contribution in [0.1, 0.15) is 49.9 Å². The molecule has 1 unspecified atom stereocenters. The van der Waals surface area contributed by atoms with Crippen molar-refractivity contribution < 1.29 is 21.7 Å². The standard InChI is InChI=1S/C16H18Si.C9H13.3CH3.Ti/c1-11-5-6-14(4)16(10-11)17-15-8-12(2)7-13(3)9-15;1-6-5-7(2)9(4)8(6)3;;;;/h5-10H,1-4H3;6H,1-4H3;3*1H3;/q;4*-1;+4. The van der Waals surface area contributed by atoms with Gasteiger partial charge in [0.1, 0.15) is 9.52 Å². The minimum atomic E-state index is 0. The van der Waals surface area contributed by atoms with Crippen molar-refractivity contribution >= 4 is 19.9 Å². The Bertz CT molecular complexity index is 839. The zero-order chi connectivity index (χ0) is 19.4. The first-order chi connectivity index (χ1) is 12.2. The minimum Gasteiger partial charge on any atom is -0.358 e. The molecule has 2 aromatic carbocycles. The number of rotatable bonds is 2. The van der Waals surface area contributed by atoms with Gasteiger partial charge in [-0.15, -0.1) is 6.92 Å². The fourth-order valence-electron chi connectivity index (χ4n) is 3.23. The molecule has 0 heterocycles. The van der Waals surface area contributed by atoms with Crippen LogP contribution in [-0.4, -0.2) is 9.52 Å². The van der Waals surface area contributed by atoms with E-state index >= 15 is 0 Å². The zero-order valence-electron chi connectivity index (χ0n) is 21.0. The maximum atomic E-state index is 3.36. The zero-order valence-corrected chi connectivity index (χ0v) is 23.6. The third kappa shape index (κ3) is 9.33. The molecule has 0 bridgehead atoms. The molecule has 1 atom stereocenters. The van der Waals surface area contributed by atoms with Gasteiger partial charge < -0.3 is 22.3 Å². The topological polar surface area (TPSA) is 0 Å². The molecule has 0 saturated heterocycles. The summed E-state index contributed by atoms with van der Waals surface area (Å²) in [6, 6.07) is 13.5. The van der Waals surface area contributed by atoms with E-state index in [0.29, 0.717) is 5.92 Å². The van der Waals surface area contributed by atoms with Crippen LogP contribution < -0.4 is 10.4 Å². The molecule has 0 aromatic heterocycles. The van der Waals surface area contributed by atoms with E-state index in [-0.39, 0.29) is 44.0 Å². The van der Waals surface area contributed by atoms with Gasteiger partial charge >= 0.3 is 21.7 Å². The molecule has 0 nitrogen and oxygen atoms in total. The van der Waals surface area contributed by atoms with Crippen LogP contribution >= 0.6 is 0 Å². The van der Waals surface area contributed by atoms with E-state index in [1.54, 1.807) is 0 Å². The summed E-state index contributed by atoms with van der Waals surface area (Å²) < 4.78 is 0. The molecule has 1 aliphatic carbocycles. The van der Waals surface area contributed by atoms with Crippen molar-refractivity contribution in [3.05, 3.63) is 104 Å². The molecule has 2 heteroatoms. The van der Waals surface area contributed by atoms with Crippen molar-refractivity contribution in [2.75, 3.05) is 0 Å². The van der Waals surface area contributed by atoms with Gasteiger partial charge in [-0.05, 0) is 27.7 Å². The smallest absolute Gasteiger partial charge is 0.358 e. The van der Waals surface area contributed by atoms with Gasteiger partial charge in [0.2, 0.25) is 0 Å². The number of hydrogen-bond donors (Lipinski definition) is 0. The average molecular weight is 453 g/mol. The summed E-state index contributed by atoms with van der Waals surface area (Å²) in [5.41, 5.74) is 9.71. The molecule has 0 saturated carbocycles. The monoisotopic (exact) mass is 452 g/mol. The average Bonchev–Trinajstić information content (AvgIpc) is 2.77. The SMILES string of the molecule is CC1=[C-]C(C)C(C)=C1C.Cc1cc(C)cc([Si]c2cc(C)ccc2C)c1.[CH3-].[CH3-].[CH3-].[Ti+4]. The van der Waals surface area contributed by atoms with Crippen molar-refractivity contribution in [2.24, 2.45) is 5.92 Å². The Labute approximate surface area is 206 Å². The summed E-state index contributed by atoms with van der Waals surface area (Å²) in [6.45, 7) is 17.4. The van der Waals surface area contributed by atoms with E-state index in [0.717, 1.165) is 9.52 Å². The summed E-state index contributed by atoms with van der Waals surface area (Å²) in [6.07, 6.45) is 3.36. The van der Waals surface area contributed by atoms with Gasteiger partial charge in [0.05, 0.1) is 0 Å². The summed E-state index contributed by atoms with van der Waals surface area (Å²) in [4.78, 5) is 0. The molecular formula is C28H40SiTi. The fraction of sp³-hybridized carbons (Fsp3) is 0.321. The van der Waals surface area contributed by atoms with Gasteiger partial charge in [0, 0.05) is 0 Å². The van der Waals surface area contributed by atoms with Gasteiger partial charge in [0.25, 0.3) is 0 Å². The molecular weight excluding hydrogens is 412 g/mol. The number of aryl methyl sites for hydroxylation is 4. The van der Waals surface area contributed by atoms with Crippen molar-refractivity contribution in [2.45, 2.75) is 55.4 Å². The van der Waals surface area contributed by atoms with Crippen LogP contribution in [0, 0.1) is 62.0 Å². The minimum absolute atomic E-state index is 0. The number of allylic oxidation sites excluding steroid dienone is 4. The Balaban J connectivity index is -0.000000490. The van der Waals surface area contributed by atoms with Crippen molar-refractivity contribution in [1.29, 1.82) is 0 Å². The van der Waals surface area contributed by atoms with E-state index in [1.807, 2.05) is 0 Å². The van der Waals surface area contributed by atoms with Gasteiger partial charge in [-0.25, -0.2) is 5.57 Å². The first-order valence-electron chi connectivity index (χ1n) is 9.37. The van der Waals surface area contributed by atoms with E-state index in [1.165, 1.54) is 49.3 Å². The van der Waals surface area contributed by atoms with Gasteiger partial charge in [0.15, 0.2) is 0 Å². The predicted octanol–water partition coefficient (Wildman–Crippen LogP) is 6.65. The molecule has 3 rings (SSSR count). The molecule has 2 radical (unpaired) electrons. The summed E-state index contributed by atoms with van der Waals surface area (Å²) in [7, 11) is 0.765. The summed E-state index contributed by atoms with van der Waals surface area (Å²) in [5.74, 6) is 0.560. The second-order valence-corrected chi connectivity index (χ2v) is 8.98. The molecule has 0 amide bonds.